The van der Waals surface area contributed by atoms with E-state index >= 15 is 0 Å². The molecule has 1 aliphatic heterocycles. The molecule has 2 rings (SSSR count). The predicted octanol–water partition coefficient (Wildman–Crippen LogP) is 3.14. The Morgan fingerprint density at radius 1 is 1.42 bits per heavy atom. The van der Waals surface area contributed by atoms with Crippen molar-refractivity contribution in [3.63, 3.8) is 0 Å². The Balaban J connectivity index is 2.50. The number of methoxy groups -OCH3 is 1. The fourth-order valence-corrected chi connectivity index (χ4v) is 2.53. The summed E-state index contributed by atoms with van der Waals surface area (Å²) in [5.41, 5.74) is -0.398. The van der Waals surface area contributed by atoms with Crippen molar-refractivity contribution >= 4 is 15.9 Å². The number of benzene rings is 1. The van der Waals surface area contributed by atoms with E-state index in [2.05, 4.69) is 21.2 Å². The molecule has 1 heterocycles. The van der Waals surface area contributed by atoms with Crippen LogP contribution in [-0.2, 0) is 10.9 Å². The minimum Gasteiger partial charge on any atom is -0.496 e. The van der Waals surface area contributed by atoms with Crippen molar-refractivity contribution in [2.24, 2.45) is 0 Å². The molecule has 106 valence electrons. The predicted molar refractivity (Wildman–Crippen MR) is 67.3 cm³/mol. The molecule has 0 radical (unpaired) electrons. The van der Waals surface area contributed by atoms with Crippen molar-refractivity contribution in [2.75, 3.05) is 26.8 Å². The molecule has 1 fully saturated rings. The molecule has 1 saturated heterocycles. The number of ether oxygens (including phenoxy) is 2. The normalized spacial score (nSPS) is 20.4. The van der Waals surface area contributed by atoms with E-state index in [1.165, 1.54) is 7.11 Å². The van der Waals surface area contributed by atoms with Crippen LogP contribution in [0, 0.1) is 0 Å². The number of rotatable bonds is 2. The third-order valence-electron chi connectivity index (χ3n) is 2.87. The second kappa shape index (κ2) is 5.68. The third-order valence-corrected chi connectivity index (χ3v) is 3.32. The lowest BCUT2D eigenvalue weighted by atomic mass is 10.0. The van der Waals surface area contributed by atoms with E-state index in [0.29, 0.717) is 29.7 Å². The monoisotopic (exact) mass is 339 g/mol. The van der Waals surface area contributed by atoms with Gasteiger partial charge in [0.1, 0.15) is 5.75 Å². The molecule has 3 nitrogen and oxygen atoms in total. The van der Waals surface area contributed by atoms with Gasteiger partial charge in [-0.05, 0) is 12.1 Å². The zero-order valence-electron chi connectivity index (χ0n) is 10.2. The lowest BCUT2D eigenvalue weighted by Crippen LogP contribution is -2.33. The van der Waals surface area contributed by atoms with Crippen molar-refractivity contribution < 1.29 is 22.6 Å². The van der Waals surface area contributed by atoms with Crippen molar-refractivity contribution in [1.82, 2.24) is 5.32 Å². The van der Waals surface area contributed by atoms with Gasteiger partial charge >= 0.3 is 6.18 Å². The van der Waals surface area contributed by atoms with E-state index < -0.39 is 17.8 Å². The van der Waals surface area contributed by atoms with Crippen LogP contribution in [0.3, 0.4) is 0 Å². The van der Waals surface area contributed by atoms with E-state index in [-0.39, 0.29) is 5.75 Å². The molecule has 1 unspecified atom stereocenters. The third kappa shape index (κ3) is 3.21. The molecule has 0 bridgehead atoms. The van der Waals surface area contributed by atoms with Crippen molar-refractivity contribution in [2.45, 2.75) is 12.3 Å². The maximum Gasteiger partial charge on any atom is 0.420 e. The smallest absolute Gasteiger partial charge is 0.420 e. The summed E-state index contributed by atoms with van der Waals surface area (Å²) < 4.78 is 49.8. The molecule has 1 atom stereocenters. The van der Waals surface area contributed by atoms with Gasteiger partial charge < -0.3 is 14.8 Å². The molecule has 1 aromatic carbocycles. The highest BCUT2D eigenvalue weighted by atomic mass is 79.9. The van der Waals surface area contributed by atoms with E-state index in [1.54, 1.807) is 6.07 Å². The second-order valence-corrected chi connectivity index (χ2v) is 5.05. The average Bonchev–Trinajstić information content (AvgIpc) is 2.37. The topological polar surface area (TPSA) is 30.5 Å². The van der Waals surface area contributed by atoms with Crippen LogP contribution in [0.5, 0.6) is 5.75 Å². The maximum absolute atomic E-state index is 13.0. The Hall–Kier alpha value is -0.790. The molecule has 0 saturated carbocycles. The Kier molecular flexibility index (Phi) is 4.37. The first-order valence-corrected chi connectivity index (χ1v) is 6.49. The summed E-state index contributed by atoms with van der Waals surface area (Å²) in [5, 5.41) is 3.09. The van der Waals surface area contributed by atoms with Gasteiger partial charge in [-0.3, -0.25) is 0 Å². The van der Waals surface area contributed by atoms with Crippen LogP contribution >= 0.6 is 15.9 Å². The Morgan fingerprint density at radius 2 is 2.16 bits per heavy atom. The van der Waals surface area contributed by atoms with Crippen LogP contribution < -0.4 is 10.1 Å². The molecular weight excluding hydrogens is 327 g/mol. The second-order valence-electron chi connectivity index (χ2n) is 4.14. The molecule has 1 aliphatic rings. The fraction of sp³-hybridized carbons (Fsp3) is 0.500. The Labute approximate surface area is 117 Å². The van der Waals surface area contributed by atoms with E-state index in [0.717, 1.165) is 6.07 Å². The van der Waals surface area contributed by atoms with Crippen LogP contribution in [0.25, 0.3) is 0 Å². The summed E-state index contributed by atoms with van der Waals surface area (Å²) in [6, 6.07) is 2.62. The van der Waals surface area contributed by atoms with Crippen LogP contribution in [0.2, 0.25) is 0 Å². The first-order valence-electron chi connectivity index (χ1n) is 5.70. The van der Waals surface area contributed by atoms with E-state index in [1.807, 2.05) is 0 Å². The Bertz CT molecular complexity index is 459. The number of halogens is 4. The van der Waals surface area contributed by atoms with Crippen LogP contribution in [0.1, 0.15) is 17.2 Å². The van der Waals surface area contributed by atoms with Gasteiger partial charge in [0.2, 0.25) is 0 Å². The number of nitrogens with one attached hydrogen (secondary N) is 1. The van der Waals surface area contributed by atoms with Gasteiger partial charge in [-0.2, -0.15) is 13.2 Å². The molecule has 1 aromatic rings. The zero-order chi connectivity index (χ0) is 14.0. The standard InChI is InChI=1S/C12H13BrF3NO2/c1-18-11-8(10-6-17-2-3-19-10)4-7(13)5-9(11)12(14,15)16/h4-5,10,17H,2-3,6H2,1H3. The minimum absolute atomic E-state index is 0.176. The largest absolute Gasteiger partial charge is 0.496 e. The highest BCUT2D eigenvalue weighted by Gasteiger charge is 2.37. The van der Waals surface area contributed by atoms with Crippen molar-refractivity contribution in [1.29, 1.82) is 0 Å². The van der Waals surface area contributed by atoms with Gasteiger partial charge in [0.25, 0.3) is 0 Å². The van der Waals surface area contributed by atoms with Gasteiger partial charge in [-0.15, -0.1) is 0 Å². The summed E-state index contributed by atoms with van der Waals surface area (Å²) in [4.78, 5) is 0. The molecule has 7 heteroatoms. The van der Waals surface area contributed by atoms with Crippen molar-refractivity contribution in [3.8, 4) is 5.75 Å². The summed E-state index contributed by atoms with van der Waals surface area (Å²) in [7, 11) is 1.23. The van der Waals surface area contributed by atoms with Crippen LogP contribution in [0.4, 0.5) is 13.2 Å². The number of morpholine rings is 1. The van der Waals surface area contributed by atoms with Crippen molar-refractivity contribution in [3.05, 3.63) is 27.7 Å². The summed E-state index contributed by atoms with van der Waals surface area (Å²) in [6.45, 7) is 1.62. The number of alkyl halides is 3. The molecule has 0 amide bonds. The summed E-state index contributed by atoms with van der Waals surface area (Å²) >= 11 is 3.10. The summed E-state index contributed by atoms with van der Waals surface area (Å²) in [5.74, 6) is -0.176. The lowest BCUT2D eigenvalue weighted by molar-refractivity contribution is -0.139. The van der Waals surface area contributed by atoms with Gasteiger partial charge in [0.15, 0.2) is 0 Å². The van der Waals surface area contributed by atoms with Gasteiger partial charge in [0.05, 0.1) is 25.4 Å². The SMILES string of the molecule is COc1c(C2CNCCO2)cc(Br)cc1C(F)(F)F. The molecule has 19 heavy (non-hydrogen) atoms. The molecule has 1 N–H and O–H groups in total. The van der Waals surface area contributed by atoms with E-state index in [4.69, 9.17) is 9.47 Å². The van der Waals surface area contributed by atoms with Crippen LogP contribution in [0.15, 0.2) is 16.6 Å². The zero-order valence-corrected chi connectivity index (χ0v) is 11.8. The average molecular weight is 340 g/mol. The first-order chi connectivity index (χ1) is 8.93. The molecule has 0 spiro atoms. The maximum atomic E-state index is 13.0. The lowest BCUT2D eigenvalue weighted by Gasteiger charge is -2.27. The molecule has 0 aliphatic carbocycles. The Morgan fingerprint density at radius 3 is 2.68 bits per heavy atom. The fourth-order valence-electron chi connectivity index (χ4n) is 2.06. The quantitative estimate of drug-likeness (QED) is 0.897. The molecule has 0 aromatic heterocycles. The highest BCUT2D eigenvalue weighted by Crippen LogP contribution is 2.42. The van der Waals surface area contributed by atoms with Gasteiger partial charge in [-0.25, -0.2) is 0 Å². The van der Waals surface area contributed by atoms with Gasteiger partial charge in [0, 0.05) is 23.1 Å². The highest BCUT2D eigenvalue weighted by molar-refractivity contribution is 9.10. The van der Waals surface area contributed by atoms with Crippen LogP contribution in [-0.4, -0.2) is 26.8 Å². The molecular formula is C12H13BrF3NO2. The first kappa shape index (κ1) is 14.6. The van der Waals surface area contributed by atoms with E-state index in [9.17, 15) is 13.2 Å². The van der Waals surface area contributed by atoms with Gasteiger partial charge in [-0.1, -0.05) is 15.9 Å². The number of hydrogen-bond acceptors (Lipinski definition) is 3. The minimum atomic E-state index is -4.47. The number of hydrogen-bond donors (Lipinski definition) is 1. The summed E-state index contributed by atoms with van der Waals surface area (Å²) in [6.07, 6.45) is -4.91.